The lowest BCUT2D eigenvalue weighted by atomic mass is 9.72. The Morgan fingerprint density at radius 2 is 2.16 bits per heavy atom. The largest absolute Gasteiger partial charge is 0.389 e. The summed E-state index contributed by atoms with van der Waals surface area (Å²) in [5.41, 5.74) is 1.32. The Morgan fingerprint density at radius 3 is 2.74 bits per heavy atom. The molecule has 1 aromatic rings. The lowest BCUT2D eigenvalue weighted by molar-refractivity contribution is -0.0503. The van der Waals surface area contributed by atoms with Crippen LogP contribution in [0.5, 0.6) is 0 Å². The number of aliphatic hydroxyl groups is 1. The van der Waals surface area contributed by atoms with E-state index >= 15 is 0 Å². The summed E-state index contributed by atoms with van der Waals surface area (Å²) in [5, 5.41) is 16.2. The molecule has 1 aliphatic rings. The quantitative estimate of drug-likeness (QED) is 0.919. The molecule has 0 aromatic carbocycles. The molecule has 3 nitrogen and oxygen atoms in total. The highest BCUT2D eigenvalue weighted by Gasteiger charge is 2.39. The van der Waals surface area contributed by atoms with E-state index in [1.165, 1.54) is 6.42 Å². The maximum atomic E-state index is 11.0. The zero-order chi connectivity index (χ0) is 14.0. The SMILES string of the molecule is CCc1nn(C)c(CC2(O)CCCCC2CC)c1Cl. The van der Waals surface area contributed by atoms with Crippen molar-refractivity contribution in [1.29, 1.82) is 0 Å². The smallest absolute Gasteiger partial charge is 0.0850 e. The second-order valence-corrected chi connectivity index (χ2v) is 6.19. The predicted molar refractivity (Wildman–Crippen MR) is 78.5 cm³/mol. The van der Waals surface area contributed by atoms with Crippen molar-refractivity contribution in [3.05, 3.63) is 16.4 Å². The summed E-state index contributed by atoms with van der Waals surface area (Å²) in [7, 11) is 1.92. The van der Waals surface area contributed by atoms with E-state index in [-0.39, 0.29) is 0 Å². The van der Waals surface area contributed by atoms with Gasteiger partial charge < -0.3 is 5.11 Å². The fourth-order valence-electron chi connectivity index (χ4n) is 3.41. The molecular weight excluding hydrogens is 260 g/mol. The molecule has 1 saturated carbocycles. The molecule has 0 spiro atoms. The highest BCUT2D eigenvalue weighted by atomic mass is 35.5. The van der Waals surface area contributed by atoms with Crippen molar-refractivity contribution < 1.29 is 5.11 Å². The van der Waals surface area contributed by atoms with Crippen LogP contribution >= 0.6 is 11.6 Å². The number of aryl methyl sites for hydroxylation is 2. The van der Waals surface area contributed by atoms with E-state index < -0.39 is 5.60 Å². The van der Waals surface area contributed by atoms with Crippen molar-refractivity contribution >= 4 is 11.6 Å². The van der Waals surface area contributed by atoms with Crippen LogP contribution in [-0.4, -0.2) is 20.5 Å². The molecule has 1 aromatic heterocycles. The monoisotopic (exact) mass is 284 g/mol. The molecule has 108 valence electrons. The first kappa shape index (κ1) is 14.9. The second-order valence-electron chi connectivity index (χ2n) is 5.82. The zero-order valence-corrected chi connectivity index (χ0v) is 13.0. The molecule has 1 fully saturated rings. The molecule has 1 aliphatic carbocycles. The van der Waals surface area contributed by atoms with Gasteiger partial charge in [-0.1, -0.05) is 44.7 Å². The minimum absolute atomic E-state index is 0.386. The Hall–Kier alpha value is -0.540. The molecule has 19 heavy (non-hydrogen) atoms. The van der Waals surface area contributed by atoms with Crippen LogP contribution in [0.25, 0.3) is 0 Å². The fraction of sp³-hybridized carbons (Fsp3) is 0.800. The highest BCUT2D eigenvalue weighted by Crippen LogP contribution is 2.39. The Labute approximate surface area is 121 Å². The van der Waals surface area contributed by atoms with Crippen LogP contribution < -0.4 is 0 Å². The minimum Gasteiger partial charge on any atom is -0.389 e. The number of halogens is 1. The van der Waals surface area contributed by atoms with Gasteiger partial charge in [-0.3, -0.25) is 4.68 Å². The molecular formula is C15H25ClN2O. The van der Waals surface area contributed by atoms with E-state index in [1.54, 1.807) is 0 Å². The fourth-order valence-corrected chi connectivity index (χ4v) is 3.77. The van der Waals surface area contributed by atoms with Crippen LogP contribution in [0.2, 0.25) is 5.02 Å². The van der Waals surface area contributed by atoms with Crippen molar-refractivity contribution in [2.45, 2.75) is 64.4 Å². The Kier molecular flexibility index (Phi) is 4.57. The van der Waals surface area contributed by atoms with Gasteiger partial charge in [0.05, 0.1) is 22.0 Å². The van der Waals surface area contributed by atoms with E-state index in [9.17, 15) is 5.11 Å². The maximum Gasteiger partial charge on any atom is 0.0850 e. The molecule has 1 heterocycles. The minimum atomic E-state index is -0.602. The van der Waals surface area contributed by atoms with Crippen LogP contribution in [0.3, 0.4) is 0 Å². The molecule has 0 saturated heterocycles. The van der Waals surface area contributed by atoms with E-state index in [1.807, 2.05) is 11.7 Å². The van der Waals surface area contributed by atoms with Gasteiger partial charge in [-0.2, -0.15) is 5.10 Å². The summed E-state index contributed by atoms with van der Waals surface area (Å²) in [6, 6.07) is 0. The third-order valence-electron chi connectivity index (χ3n) is 4.64. The topological polar surface area (TPSA) is 38.0 Å². The first-order valence-corrected chi connectivity index (χ1v) is 7.82. The van der Waals surface area contributed by atoms with Crippen molar-refractivity contribution in [2.75, 3.05) is 0 Å². The van der Waals surface area contributed by atoms with E-state index in [4.69, 9.17) is 11.6 Å². The molecule has 2 atom stereocenters. The number of nitrogens with zero attached hydrogens (tertiary/aromatic N) is 2. The van der Waals surface area contributed by atoms with Gasteiger partial charge in [-0.25, -0.2) is 0 Å². The standard InChI is InChI=1S/C15H25ClN2O/c1-4-11-8-6-7-9-15(11,19)10-13-14(16)12(5-2)17-18(13)3/h11,19H,4-10H2,1-3H3. The third-order valence-corrected chi connectivity index (χ3v) is 5.08. The van der Waals surface area contributed by atoms with Crippen molar-refractivity contribution in [2.24, 2.45) is 13.0 Å². The van der Waals surface area contributed by atoms with Crippen molar-refractivity contribution in [3.63, 3.8) is 0 Å². The molecule has 0 amide bonds. The molecule has 0 aliphatic heterocycles. The normalized spacial score (nSPS) is 27.7. The van der Waals surface area contributed by atoms with Gasteiger partial charge >= 0.3 is 0 Å². The Balaban J connectivity index is 2.26. The van der Waals surface area contributed by atoms with Gasteiger partial charge in [-0.15, -0.1) is 0 Å². The number of hydrogen-bond acceptors (Lipinski definition) is 2. The van der Waals surface area contributed by atoms with Gasteiger partial charge in [0.1, 0.15) is 0 Å². The lowest BCUT2D eigenvalue weighted by Crippen LogP contribution is -2.43. The van der Waals surface area contributed by atoms with Crippen LogP contribution in [0, 0.1) is 5.92 Å². The summed E-state index contributed by atoms with van der Waals surface area (Å²) >= 11 is 6.41. The summed E-state index contributed by atoms with van der Waals surface area (Å²) in [6.07, 6.45) is 6.86. The van der Waals surface area contributed by atoms with Gasteiger partial charge in [0.25, 0.3) is 0 Å². The van der Waals surface area contributed by atoms with Crippen LogP contribution in [-0.2, 0) is 19.9 Å². The van der Waals surface area contributed by atoms with Gasteiger partial charge in [0.2, 0.25) is 0 Å². The second kappa shape index (κ2) is 5.84. The van der Waals surface area contributed by atoms with E-state index in [0.717, 1.165) is 48.5 Å². The van der Waals surface area contributed by atoms with Gasteiger partial charge in [0, 0.05) is 13.5 Å². The predicted octanol–water partition coefficient (Wildman–Crippen LogP) is 3.51. The zero-order valence-electron chi connectivity index (χ0n) is 12.2. The summed E-state index contributed by atoms with van der Waals surface area (Å²) < 4.78 is 1.85. The number of hydrogen-bond donors (Lipinski definition) is 1. The van der Waals surface area contributed by atoms with Crippen LogP contribution in [0.4, 0.5) is 0 Å². The van der Waals surface area contributed by atoms with Gasteiger partial charge in [-0.05, 0) is 25.2 Å². The summed E-state index contributed by atoms with van der Waals surface area (Å²) in [4.78, 5) is 0. The highest BCUT2D eigenvalue weighted by molar-refractivity contribution is 6.31. The van der Waals surface area contributed by atoms with E-state index in [2.05, 4.69) is 18.9 Å². The number of aromatic nitrogens is 2. The molecule has 4 heteroatoms. The average molecular weight is 285 g/mol. The molecule has 0 radical (unpaired) electrons. The third kappa shape index (κ3) is 2.82. The van der Waals surface area contributed by atoms with Gasteiger partial charge in [0.15, 0.2) is 0 Å². The molecule has 1 N–H and O–H groups in total. The maximum absolute atomic E-state index is 11.0. The molecule has 0 bridgehead atoms. The molecule has 2 rings (SSSR count). The van der Waals surface area contributed by atoms with Crippen LogP contribution in [0.15, 0.2) is 0 Å². The first-order chi connectivity index (χ1) is 9.01. The summed E-state index contributed by atoms with van der Waals surface area (Å²) in [6.45, 7) is 4.23. The Morgan fingerprint density at radius 1 is 1.42 bits per heavy atom. The van der Waals surface area contributed by atoms with Crippen molar-refractivity contribution in [1.82, 2.24) is 9.78 Å². The first-order valence-electron chi connectivity index (χ1n) is 7.44. The average Bonchev–Trinajstić information content (AvgIpc) is 2.66. The lowest BCUT2D eigenvalue weighted by Gasteiger charge is -2.40. The van der Waals surface area contributed by atoms with Crippen LogP contribution in [0.1, 0.15) is 57.3 Å². The molecule has 2 unspecified atom stereocenters. The Bertz CT molecular complexity index is 444. The van der Waals surface area contributed by atoms with Crippen molar-refractivity contribution in [3.8, 4) is 0 Å². The van der Waals surface area contributed by atoms with E-state index in [0.29, 0.717) is 12.3 Å². The number of rotatable bonds is 4. The summed E-state index contributed by atoms with van der Waals surface area (Å²) in [5.74, 6) is 0.386.